The summed E-state index contributed by atoms with van der Waals surface area (Å²) in [5.74, 6) is 0.730. The number of likely N-dealkylation sites (tertiary alicyclic amines) is 1. The van der Waals surface area contributed by atoms with Gasteiger partial charge in [-0.2, -0.15) is 0 Å². The maximum Gasteiger partial charge on any atom is 0.241 e. The fraction of sp³-hybridized carbons (Fsp3) is 0.938. The first kappa shape index (κ1) is 14.3. The molecule has 2 saturated heterocycles. The fourth-order valence-corrected chi connectivity index (χ4v) is 3.85. The van der Waals surface area contributed by atoms with E-state index in [-0.39, 0.29) is 12.2 Å². The third-order valence-electron chi connectivity index (χ3n) is 5.11. The molecule has 4 heteroatoms. The van der Waals surface area contributed by atoms with E-state index in [4.69, 9.17) is 0 Å². The molecule has 2 heterocycles. The number of nitrogens with one attached hydrogen (secondary N) is 1. The van der Waals surface area contributed by atoms with E-state index >= 15 is 0 Å². The number of hydrogen-bond acceptors (Lipinski definition) is 3. The van der Waals surface area contributed by atoms with Crippen molar-refractivity contribution >= 4 is 5.91 Å². The number of nitrogens with zero attached hydrogens (tertiary/aromatic N) is 2. The predicted molar refractivity (Wildman–Crippen MR) is 80.3 cm³/mol. The molecule has 0 spiro atoms. The lowest BCUT2D eigenvalue weighted by atomic mass is 10.0. The second kappa shape index (κ2) is 5.64. The second-order valence-corrected chi connectivity index (χ2v) is 7.11. The molecule has 4 nitrogen and oxygen atoms in total. The highest BCUT2D eigenvalue weighted by Crippen LogP contribution is 2.33. The van der Waals surface area contributed by atoms with Crippen LogP contribution in [0.25, 0.3) is 0 Å². The van der Waals surface area contributed by atoms with Crippen LogP contribution in [0.5, 0.6) is 0 Å². The lowest BCUT2D eigenvalue weighted by molar-refractivity contribution is -0.132. The third kappa shape index (κ3) is 2.60. The first-order valence-corrected chi connectivity index (χ1v) is 8.44. The molecule has 0 bridgehead atoms. The van der Waals surface area contributed by atoms with E-state index < -0.39 is 0 Å². The molecule has 3 atom stereocenters. The lowest BCUT2D eigenvalue weighted by Gasteiger charge is -2.30. The number of amides is 1. The summed E-state index contributed by atoms with van der Waals surface area (Å²) in [4.78, 5) is 17.6. The molecule has 1 amide bonds. The van der Waals surface area contributed by atoms with E-state index in [0.29, 0.717) is 17.9 Å². The maximum absolute atomic E-state index is 12.8. The van der Waals surface area contributed by atoms with Gasteiger partial charge in [0.1, 0.15) is 0 Å². The summed E-state index contributed by atoms with van der Waals surface area (Å²) in [5, 5.41) is 3.59. The topological polar surface area (TPSA) is 35.6 Å². The molecular weight excluding hydrogens is 250 g/mol. The van der Waals surface area contributed by atoms with Crippen LogP contribution in [0, 0.1) is 5.92 Å². The highest BCUT2D eigenvalue weighted by atomic mass is 16.2. The minimum atomic E-state index is 0.0292. The Morgan fingerprint density at radius 1 is 1.25 bits per heavy atom. The van der Waals surface area contributed by atoms with Gasteiger partial charge >= 0.3 is 0 Å². The highest BCUT2D eigenvalue weighted by molar-refractivity contribution is 5.85. The summed E-state index contributed by atoms with van der Waals surface area (Å²) in [6.07, 6.45) is 6.37. The van der Waals surface area contributed by atoms with Gasteiger partial charge in [0.2, 0.25) is 5.91 Å². The molecular formula is C16H29N3O. The smallest absolute Gasteiger partial charge is 0.241 e. The van der Waals surface area contributed by atoms with Gasteiger partial charge in [-0.15, -0.1) is 0 Å². The normalized spacial score (nSPS) is 35.5. The number of rotatable bonds is 5. The zero-order valence-corrected chi connectivity index (χ0v) is 13.1. The summed E-state index contributed by atoms with van der Waals surface area (Å²) in [6, 6.07) is 1.30. The Kier molecular flexibility index (Phi) is 4.04. The van der Waals surface area contributed by atoms with Gasteiger partial charge in [-0.3, -0.25) is 15.0 Å². The Balaban J connectivity index is 1.69. The van der Waals surface area contributed by atoms with Gasteiger partial charge in [0.15, 0.2) is 0 Å². The van der Waals surface area contributed by atoms with Crippen molar-refractivity contribution in [2.75, 3.05) is 13.1 Å². The van der Waals surface area contributed by atoms with Gasteiger partial charge in [0, 0.05) is 25.2 Å². The van der Waals surface area contributed by atoms with E-state index in [1.54, 1.807) is 0 Å². The fourth-order valence-electron chi connectivity index (χ4n) is 3.85. The van der Waals surface area contributed by atoms with Crippen molar-refractivity contribution in [1.82, 2.24) is 15.1 Å². The van der Waals surface area contributed by atoms with Crippen molar-refractivity contribution < 1.29 is 4.79 Å². The minimum absolute atomic E-state index is 0.0292. The van der Waals surface area contributed by atoms with Gasteiger partial charge < -0.3 is 4.90 Å². The molecule has 20 heavy (non-hydrogen) atoms. The maximum atomic E-state index is 12.8. The largest absolute Gasteiger partial charge is 0.321 e. The van der Waals surface area contributed by atoms with Crippen LogP contribution in [0.3, 0.4) is 0 Å². The van der Waals surface area contributed by atoms with E-state index in [1.807, 2.05) is 0 Å². The van der Waals surface area contributed by atoms with Crippen molar-refractivity contribution in [2.24, 2.45) is 5.92 Å². The van der Waals surface area contributed by atoms with E-state index in [0.717, 1.165) is 31.8 Å². The molecule has 0 aromatic heterocycles. The van der Waals surface area contributed by atoms with Crippen molar-refractivity contribution in [1.29, 1.82) is 0 Å². The lowest BCUT2D eigenvalue weighted by Crippen LogP contribution is -2.46. The Labute approximate surface area is 122 Å². The Morgan fingerprint density at radius 2 is 2.00 bits per heavy atom. The summed E-state index contributed by atoms with van der Waals surface area (Å²) in [6.45, 7) is 8.78. The Morgan fingerprint density at radius 3 is 2.60 bits per heavy atom. The molecule has 3 rings (SSSR count). The Bertz CT molecular complexity index is 367. The van der Waals surface area contributed by atoms with Crippen molar-refractivity contribution in [3.05, 3.63) is 0 Å². The van der Waals surface area contributed by atoms with Crippen LogP contribution in [0.4, 0.5) is 0 Å². The zero-order valence-electron chi connectivity index (χ0n) is 13.1. The number of hydrogen-bond donors (Lipinski definition) is 1. The number of carbonyl (C=O) groups is 1. The van der Waals surface area contributed by atoms with E-state index in [9.17, 15) is 4.79 Å². The summed E-state index contributed by atoms with van der Waals surface area (Å²) >= 11 is 0. The summed E-state index contributed by atoms with van der Waals surface area (Å²) < 4.78 is 0. The average Bonchev–Trinajstić information content (AvgIpc) is 3.05. The van der Waals surface area contributed by atoms with E-state index in [2.05, 4.69) is 35.9 Å². The van der Waals surface area contributed by atoms with E-state index in [1.165, 1.54) is 19.4 Å². The predicted octanol–water partition coefficient (Wildman–Crippen LogP) is 1.81. The molecule has 1 saturated carbocycles. The zero-order chi connectivity index (χ0) is 14.3. The molecule has 3 fully saturated rings. The Hall–Kier alpha value is -0.610. The molecule has 1 aliphatic carbocycles. The quantitative estimate of drug-likeness (QED) is 0.833. The van der Waals surface area contributed by atoms with Crippen molar-refractivity contribution in [3.63, 3.8) is 0 Å². The monoisotopic (exact) mass is 279 g/mol. The molecule has 1 N–H and O–H groups in total. The first-order valence-electron chi connectivity index (χ1n) is 8.44. The molecule has 0 aromatic rings. The standard InChI is InChI=1S/C16H29N3O/c1-4-5-14-17-15(11(2)3)16(20)19(14)13-8-9-18(10-13)12-6-7-12/h11-15,17H,4-10H2,1-3H3. The SMILES string of the molecule is CCCC1NC(C(C)C)C(=O)N1C1CCN(C2CC2)C1. The van der Waals surface area contributed by atoms with Gasteiger partial charge in [-0.25, -0.2) is 0 Å². The molecule has 0 aromatic carbocycles. The minimum Gasteiger partial charge on any atom is -0.321 e. The molecule has 2 aliphatic heterocycles. The average molecular weight is 279 g/mol. The first-order chi connectivity index (χ1) is 9.61. The van der Waals surface area contributed by atoms with Gasteiger partial charge in [0.25, 0.3) is 0 Å². The highest BCUT2D eigenvalue weighted by Gasteiger charge is 2.46. The second-order valence-electron chi connectivity index (χ2n) is 7.11. The van der Waals surface area contributed by atoms with Crippen LogP contribution in [0.1, 0.15) is 52.9 Å². The van der Waals surface area contributed by atoms with Crippen molar-refractivity contribution in [2.45, 2.75) is 77.2 Å². The summed E-state index contributed by atoms with van der Waals surface area (Å²) in [5.41, 5.74) is 0. The molecule has 3 unspecified atom stereocenters. The van der Waals surface area contributed by atoms with Crippen LogP contribution in [0.2, 0.25) is 0 Å². The van der Waals surface area contributed by atoms with Crippen molar-refractivity contribution in [3.8, 4) is 0 Å². The number of carbonyl (C=O) groups excluding carboxylic acids is 1. The summed E-state index contributed by atoms with van der Waals surface area (Å²) in [7, 11) is 0. The van der Waals surface area contributed by atoms with Gasteiger partial charge in [0.05, 0.1) is 12.2 Å². The van der Waals surface area contributed by atoms with Crippen LogP contribution < -0.4 is 5.32 Å². The van der Waals surface area contributed by atoms with Gasteiger partial charge in [-0.05, 0) is 31.6 Å². The van der Waals surface area contributed by atoms with Crippen LogP contribution >= 0.6 is 0 Å². The van der Waals surface area contributed by atoms with Gasteiger partial charge in [-0.1, -0.05) is 27.2 Å². The molecule has 114 valence electrons. The molecule has 3 aliphatic rings. The van der Waals surface area contributed by atoms with Crippen LogP contribution in [0.15, 0.2) is 0 Å². The van der Waals surface area contributed by atoms with Crippen LogP contribution in [-0.2, 0) is 4.79 Å². The van der Waals surface area contributed by atoms with Crippen LogP contribution in [-0.4, -0.2) is 53.1 Å². The molecule has 0 radical (unpaired) electrons. The third-order valence-corrected chi connectivity index (χ3v) is 5.11.